The largest absolute Gasteiger partial charge is 0.345 e. The second-order valence-electron chi connectivity index (χ2n) is 4.31. The summed E-state index contributed by atoms with van der Waals surface area (Å²) < 4.78 is 0. The maximum atomic E-state index is 11.7. The molecule has 21 heavy (non-hydrogen) atoms. The fraction of sp³-hybridized carbons (Fsp3) is 0.0625. The highest BCUT2D eigenvalue weighted by atomic mass is 32.1. The minimum Gasteiger partial charge on any atom is -0.345 e. The molecule has 0 saturated carbocycles. The Balaban J connectivity index is 2.11. The summed E-state index contributed by atoms with van der Waals surface area (Å²) in [7, 11) is 0. The number of nitrogens with one attached hydrogen (secondary N) is 2. The van der Waals surface area contributed by atoms with Crippen molar-refractivity contribution >= 4 is 40.1 Å². The molecule has 0 radical (unpaired) electrons. The highest BCUT2D eigenvalue weighted by Crippen LogP contribution is 2.07. The minimum absolute atomic E-state index is 0.192. The van der Waals surface area contributed by atoms with E-state index in [2.05, 4.69) is 15.8 Å². The van der Waals surface area contributed by atoms with Crippen LogP contribution >= 0.6 is 12.2 Å². The van der Waals surface area contributed by atoms with Crippen LogP contribution in [0, 0.1) is 0 Å². The number of carbonyl (C=O) groups excluding carboxylic acids is 1. The maximum Gasteiger partial charge on any atom is 0.182 e. The average molecular weight is 297 g/mol. The van der Waals surface area contributed by atoms with Crippen molar-refractivity contribution in [2.45, 2.75) is 6.92 Å². The van der Waals surface area contributed by atoms with Crippen LogP contribution in [0.5, 0.6) is 0 Å². The molecular weight excluding hydrogens is 282 g/mol. The number of benzene rings is 2. The third kappa shape index (κ3) is 4.50. The Morgan fingerprint density at radius 3 is 2.00 bits per heavy atom. The Kier molecular flexibility index (Phi) is 5.17. The summed E-state index contributed by atoms with van der Waals surface area (Å²) in [5.74, 6) is -0.202. The Morgan fingerprint density at radius 2 is 1.48 bits per heavy atom. The number of Topliss-reactive ketones (excluding diaryl/α,β-unsaturated/α-hetero) is 1. The number of ketones is 1. The summed E-state index contributed by atoms with van der Waals surface area (Å²) in [6.45, 7) is 1.44. The molecule has 0 atom stereocenters. The zero-order valence-electron chi connectivity index (χ0n) is 11.5. The van der Waals surface area contributed by atoms with Crippen LogP contribution in [-0.2, 0) is 4.79 Å². The Labute approximate surface area is 128 Å². The molecule has 2 N–H and O–H groups in total. The fourth-order valence-corrected chi connectivity index (χ4v) is 1.94. The van der Waals surface area contributed by atoms with Crippen LogP contribution < -0.4 is 10.7 Å². The predicted molar refractivity (Wildman–Crippen MR) is 90.8 cm³/mol. The van der Waals surface area contributed by atoms with Gasteiger partial charge in [0.15, 0.2) is 11.5 Å². The zero-order valence-corrected chi connectivity index (χ0v) is 12.4. The van der Waals surface area contributed by atoms with E-state index in [4.69, 9.17) is 12.2 Å². The summed E-state index contributed by atoms with van der Waals surface area (Å²) in [4.78, 5) is 12.0. The smallest absolute Gasteiger partial charge is 0.182 e. The lowest BCUT2D eigenvalue weighted by molar-refractivity contribution is -0.110. The Morgan fingerprint density at radius 1 is 0.952 bits per heavy atom. The van der Waals surface area contributed by atoms with Gasteiger partial charge in [0.1, 0.15) is 4.99 Å². The molecule has 4 nitrogen and oxygen atoms in total. The number of carbonyl (C=O) groups is 1. The normalized spacial score (nSPS) is 10.8. The van der Waals surface area contributed by atoms with Gasteiger partial charge in [-0.15, -0.1) is 0 Å². The molecule has 0 aliphatic heterocycles. The molecule has 0 bridgehead atoms. The molecule has 0 aliphatic rings. The lowest BCUT2D eigenvalue weighted by atomic mass is 10.2. The van der Waals surface area contributed by atoms with Crippen molar-refractivity contribution in [3.63, 3.8) is 0 Å². The maximum absolute atomic E-state index is 11.7. The van der Waals surface area contributed by atoms with Crippen molar-refractivity contribution in [2.75, 3.05) is 10.7 Å². The summed E-state index contributed by atoms with van der Waals surface area (Å²) in [6, 6.07) is 18.8. The molecule has 0 amide bonds. The van der Waals surface area contributed by atoms with Crippen molar-refractivity contribution < 1.29 is 4.79 Å². The molecule has 5 heteroatoms. The van der Waals surface area contributed by atoms with Crippen molar-refractivity contribution in [1.82, 2.24) is 0 Å². The number of hydrazone groups is 1. The number of anilines is 2. The molecule has 0 fully saturated rings. The molecule has 0 unspecified atom stereocenters. The first-order valence-corrected chi connectivity index (χ1v) is 6.84. The van der Waals surface area contributed by atoms with Crippen LogP contribution in [0.1, 0.15) is 6.92 Å². The predicted octanol–water partition coefficient (Wildman–Crippen LogP) is 3.48. The van der Waals surface area contributed by atoms with E-state index in [1.54, 1.807) is 0 Å². The second kappa shape index (κ2) is 7.31. The lowest BCUT2D eigenvalue weighted by Crippen LogP contribution is -2.27. The van der Waals surface area contributed by atoms with E-state index in [1.807, 2.05) is 60.7 Å². The van der Waals surface area contributed by atoms with Gasteiger partial charge in [-0.25, -0.2) is 0 Å². The van der Waals surface area contributed by atoms with Gasteiger partial charge >= 0.3 is 0 Å². The van der Waals surface area contributed by atoms with Crippen molar-refractivity contribution in [1.29, 1.82) is 0 Å². The molecule has 106 valence electrons. The van der Waals surface area contributed by atoms with E-state index in [0.717, 1.165) is 11.4 Å². The van der Waals surface area contributed by atoms with Crippen LogP contribution in [0.15, 0.2) is 65.8 Å². The first-order valence-electron chi connectivity index (χ1n) is 6.43. The molecule has 0 heterocycles. The standard InChI is InChI=1S/C16H15N3OS/c1-12(20)15(19-18-14-10-6-3-7-11-14)16(21)17-13-8-4-2-5-9-13/h2-11,18H,1H3,(H,17,21)/b19-15+. The molecule has 2 rings (SSSR count). The molecule has 2 aromatic rings. The van der Waals surface area contributed by atoms with Gasteiger partial charge < -0.3 is 5.32 Å². The minimum atomic E-state index is -0.202. The first kappa shape index (κ1) is 14.9. The van der Waals surface area contributed by atoms with E-state index >= 15 is 0 Å². The van der Waals surface area contributed by atoms with Gasteiger partial charge in [-0.05, 0) is 24.3 Å². The molecule has 0 saturated heterocycles. The summed E-state index contributed by atoms with van der Waals surface area (Å²) in [5.41, 5.74) is 4.63. The third-order valence-electron chi connectivity index (χ3n) is 2.65. The molecular formula is C16H15N3OS. The van der Waals surface area contributed by atoms with Crippen molar-refractivity contribution in [3.05, 3.63) is 60.7 Å². The summed E-state index contributed by atoms with van der Waals surface area (Å²) in [6.07, 6.45) is 0. The van der Waals surface area contributed by atoms with Gasteiger partial charge in [0, 0.05) is 12.6 Å². The number of thiocarbonyl (C=S) groups is 1. The van der Waals surface area contributed by atoms with Crippen LogP contribution in [0.25, 0.3) is 0 Å². The average Bonchev–Trinajstić information content (AvgIpc) is 2.49. The van der Waals surface area contributed by atoms with E-state index in [0.29, 0.717) is 0 Å². The number of hydrogen-bond donors (Lipinski definition) is 2. The number of rotatable bonds is 5. The molecule has 0 aliphatic carbocycles. The van der Waals surface area contributed by atoms with Crippen molar-refractivity contribution in [3.8, 4) is 0 Å². The molecule has 0 aromatic heterocycles. The third-order valence-corrected chi connectivity index (χ3v) is 2.95. The van der Waals surface area contributed by atoms with Crippen molar-refractivity contribution in [2.24, 2.45) is 5.10 Å². The fourth-order valence-electron chi connectivity index (χ4n) is 1.63. The van der Waals surface area contributed by atoms with Gasteiger partial charge in [0.05, 0.1) is 5.69 Å². The van der Waals surface area contributed by atoms with E-state index in [1.165, 1.54) is 6.92 Å². The quantitative estimate of drug-likeness (QED) is 0.504. The van der Waals surface area contributed by atoms with E-state index in [-0.39, 0.29) is 16.5 Å². The second-order valence-corrected chi connectivity index (χ2v) is 4.72. The summed E-state index contributed by atoms with van der Waals surface area (Å²) >= 11 is 5.25. The zero-order chi connectivity index (χ0) is 15.1. The van der Waals surface area contributed by atoms with Gasteiger partial charge in [-0.3, -0.25) is 10.2 Å². The van der Waals surface area contributed by atoms with E-state index < -0.39 is 0 Å². The topological polar surface area (TPSA) is 53.5 Å². The number of nitrogens with zero attached hydrogens (tertiary/aromatic N) is 1. The van der Waals surface area contributed by atoms with E-state index in [9.17, 15) is 4.79 Å². The molecule has 2 aromatic carbocycles. The highest BCUT2D eigenvalue weighted by molar-refractivity contribution is 7.82. The lowest BCUT2D eigenvalue weighted by Gasteiger charge is -2.09. The first-order chi connectivity index (χ1) is 10.2. The summed E-state index contributed by atoms with van der Waals surface area (Å²) in [5, 5.41) is 7.10. The van der Waals surface area contributed by atoms with Crippen LogP contribution in [0.2, 0.25) is 0 Å². The SMILES string of the molecule is CC(=O)/C(=N\Nc1ccccc1)C(=S)Nc1ccccc1. The van der Waals surface area contributed by atoms with Gasteiger partial charge in [0.25, 0.3) is 0 Å². The number of hydrogen-bond acceptors (Lipinski definition) is 4. The Hall–Kier alpha value is -2.53. The van der Waals surface area contributed by atoms with Crippen LogP contribution in [0.4, 0.5) is 11.4 Å². The highest BCUT2D eigenvalue weighted by Gasteiger charge is 2.13. The monoisotopic (exact) mass is 297 g/mol. The number of para-hydroxylation sites is 2. The van der Waals surface area contributed by atoms with Crippen LogP contribution in [-0.4, -0.2) is 16.5 Å². The molecule has 0 spiro atoms. The van der Waals surface area contributed by atoms with Crippen LogP contribution in [0.3, 0.4) is 0 Å². The van der Waals surface area contributed by atoms with Gasteiger partial charge in [-0.2, -0.15) is 5.10 Å². The van der Waals surface area contributed by atoms with Gasteiger partial charge in [-0.1, -0.05) is 48.6 Å². The Bertz CT molecular complexity index is 654. The van der Waals surface area contributed by atoms with Gasteiger partial charge in [0.2, 0.25) is 0 Å².